The molecule has 0 aliphatic carbocycles. The van der Waals surface area contributed by atoms with E-state index in [9.17, 15) is 17.6 Å². The van der Waals surface area contributed by atoms with Gasteiger partial charge in [0.1, 0.15) is 23.2 Å². The highest BCUT2D eigenvalue weighted by Crippen LogP contribution is 2.39. The number of fused-ring (bicyclic) bond motifs is 1. The first kappa shape index (κ1) is 22.1. The van der Waals surface area contributed by atoms with Crippen molar-refractivity contribution in [1.82, 2.24) is 5.32 Å². The van der Waals surface area contributed by atoms with Crippen LogP contribution in [0.15, 0.2) is 48.5 Å². The molecule has 2 atom stereocenters. The quantitative estimate of drug-likeness (QED) is 0.751. The molecule has 2 aromatic rings. The van der Waals surface area contributed by atoms with Crippen molar-refractivity contribution in [2.24, 2.45) is 0 Å². The molecule has 0 aromatic heterocycles. The highest BCUT2D eigenvalue weighted by molar-refractivity contribution is 7.92. The number of rotatable bonds is 6. The Morgan fingerprint density at radius 2 is 1.87 bits per heavy atom. The molecule has 0 radical (unpaired) electrons. The van der Waals surface area contributed by atoms with E-state index in [2.05, 4.69) is 5.32 Å². The highest BCUT2D eigenvalue weighted by Gasteiger charge is 2.37. The average Bonchev–Trinajstić information content (AvgIpc) is 2.65. The molecule has 0 saturated carbocycles. The van der Waals surface area contributed by atoms with Crippen molar-refractivity contribution in [2.75, 3.05) is 10.6 Å². The molecule has 2 unspecified atom stereocenters. The molecule has 1 aliphatic heterocycles. The van der Waals surface area contributed by atoms with Crippen LogP contribution in [-0.2, 0) is 14.8 Å². The summed E-state index contributed by atoms with van der Waals surface area (Å²) in [5, 5.41) is 3.02. The molecule has 0 fully saturated rings. The zero-order chi connectivity index (χ0) is 22.1. The molecule has 3 rings (SSSR count). The minimum atomic E-state index is -3.79. The largest absolute Gasteiger partial charge is 0.487 e. The number of carbonyl (C=O) groups excluding carboxylic acids is 1. The molecule has 6 nitrogen and oxygen atoms in total. The van der Waals surface area contributed by atoms with Gasteiger partial charge in [0.25, 0.3) is 0 Å². The van der Waals surface area contributed by atoms with E-state index in [4.69, 9.17) is 4.74 Å². The molecule has 0 bridgehead atoms. The summed E-state index contributed by atoms with van der Waals surface area (Å²) in [6.45, 7) is 5.63. The lowest BCUT2D eigenvalue weighted by molar-refractivity contribution is -0.123. The smallest absolute Gasteiger partial charge is 0.244 e. The van der Waals surface area contributed by atoms with Gasteiger partial charge in [-0.15, -0.1) is 0 Å². The summed E-state index contributed by atoms with van der Waals surface area (Å²) >= 11 is 0. The predicted octanol–water partition coefficient (Wildman–Crippen LogP) is 3.79. The molecule has 8 heteroatoms. The zero-order valence-corrected chi connectivity index (χ0v) is 18.4. The van der Waals surface area contributed by atoms with Crippen LogP contribution in [0.1, 0.15) is 45.2 Å². The van der Waals surface area contributed by atoms with Crippen molar-refractivity contribution < 1.29 is 22.3 Å². The molecule has 1 heterocycles. The molecular weight excluding hydrogens is 407 g/mol. The second-order valence-electron chi connectivity index (χ2n) is 8.12. The predicted molar refractivity (Wildman–Crippen MR) is 114 cm³/mol. The van der Waals surface area contributed by atoms with Gasteiger partial charge in [0, 0.05) is 12.0 Å². The van der Waals surface area contributed by atoms with Crippen LogP contribution in [0.5, 0.6) is 5.75 Å². The van der Waals surface area contributed by atoms with Gasteiger partial charge >= 0.3 is 0 Å². The van der Waals surface area contributed by atoms with Gasteiger partial charge in [-0.3, -0.25) is 9.10 Å². The zero-order valence-electron chi connectivity index (χ0n) is 17.6. The first-order valence-corrected chi connectivity index (χ1v) is 11.7. The lowest BCUT2D eigenvalue weighted by Gasteiger charge is -2.39. The number of nitrogens with one attached hydrogen (secondary N) is 1. The topological polar surface area (TPSA) is 75.7 Å². The van der Waals surface area contributed by atoms with Gasteiger partial charge in [0.15, 0.2) is 0 Å². The number of hydrogen-bond donors (Lipinski definition) is 1. The average molecular weight is 435 g/mol. The fraction of sp³-hybridized carbons (Fsp3) is 0.409. The van der Waals surface area contributed by atoms with E-state index in [1.807, 2.05) is 38.1 Å². The fourth-order valence-corrected chi connectivity index (χ4v) is 5.06. The van der Waals surface area contributed by atoms with Crippen LogP contribution >= 0.6 is 0 Å². The molecule has 162 valence electrons. The Hall–Kier alpha value is -2.61. The summed E-state index contributed by atoms with van der Waals surface area (Å²) in [4.78, 5) is 13.3. The maximum absolute atomic E-state index is 13.4. The number of halogens is 1. The standard InChI is InChI=1S/C22H27FN2O4S/c1-5-19(25(30(4,27)28)16-12-10-15(23)11-13-16)21(26)24-18-14-22(2,3)29-20-9-7-6-8-17(18)20/h6-13,18-19H,5,14H2,1-4H3,(H,24,26). The summed E-state index contributed by atoms with van der Waals surface area (Å²) in [6, 6.07) is 11.3. The van der Waals surface area contributed by atoms with Gasteiger partial charge < -0.3 is 10.1 Å². The first-order valence-electron chi connectivity index (χ1n) is 9.85. The third-order valence-electron chi connectivity index (χ3n) is 5.10. The third kappa shape index (κ3) is 4.75. The van der Waals surface area contributed by atoms with Gasteiger partial charge in [0.2, 0.25) is 15.9 Å². The molecule has 1 amide bonds. The van der Waals surface area contributed by atoms with Crippen LogP contribution in [0.25, 0.3) is 0 Å². The van der Waals surface area contributed by atoms with E-state index >= 15 is 0 Å². The van der Waals surface area contributed by atoms with E-state index in [0.29, 0.717) is 12.2 Å². The van der Waals surface area contributed by atoms with Crippen molar-refractivity contribution >= 4 is 21.6 Å². The van der Waals surface area contributed by atoms with Gasteiger partial charge in [-0.05, 0) is 50.6 Å². The summed E-state index contributed by atoms with van der Waals surface area (Å²) < 4.78 is 45.5. The van der Waals surface area contributed by atoms with E-state index in [0.717, 1.165) is 16.1 Å². The number of hydrogen-bond acceptors (Lipinski definition) is 4. The Balaban J connectivity index is 1.92. The maximum Gasteiger partial charge on any atom is 0.244 e. The van der Waals surface area contributed by atoms with Crippen LogP contribution in [0, 0.1) is 5.82 Å². The van der Waals surface area contributed by atoms with Crippen molar-refractivity contribution in [3.63, 3.8) is 0 Å². The lowest BCUT2D eigenvalue weighted by Crippen LogP contribution is -2.51. The van der Waals surface area contributed by atoms with Gasteiger partial charge in [-0.2, -0.15) is 0 Å². The number of anilines is 1. The van der Waals surface area contributed by atoms with E-state index in [-0.39, 0.29) is 18.2 Å². The second kappa shape index (κ2) is 8.26. The van der Waals surface area contributed by atoms with Crippen molar-refractivity contribution in [3.05, 3.63) is 59.9 Å². The van der Waals surface area contributed by atoms with E-state index < -0.39 is 33.4 Å². The Kier molecular flexibility index (Phi) is 6.08. The molecule has 30 heavy (non-hydrogen) atoms. The van der Waals surface area contributed by atoms with Crippen molar-refractivity contribution in [1.29, 1.82) is 0 Å². The lowest BCUT2D eigenvalue weighted by atomic mass is 9.89. The molecule has 0 saturated heterocycles. The van der Waals surface area contributed by atoms with Crippen molar-refractivity contribution in [3.8, 4) is 5.75 Å². The number of benzene rings is 2. The first-order chi connectivity index (χ1) is 14.0. The van der Waals surface area contributed by atoms with Crippen LogP contribution in [0.3, 0.4) is 0 Å². The van der Waals surface area contributed by atoms with Crippen LogP contribution in [0.2, 0.25) is 0 Å². The minimum absolute atomic E-state index is 0.244. The Labute approximate surface area is 177 Å². The maximum atomic E-state index is 13.4. The minimum Gasteiger partial charge on any atom is -0.487 e. The monoisotopic (exact) mass is 434 g/mol. The number of carbonyl (C=O) groups is 1. The third-order valence-corrected chi connectivity index (χ3v) is 6.28. The molecule has 2 aromatic carbocycles. The Morgan fingerprint density at radius 3 is 2.47 bits per heavy atom. The molecular formula is C22H27FN2O4S. The van der Waals surface area contributed by atoms with Crippen molar-refractivity contribution in [2.45, 2.75) is 51.3 Å². The summed E-state index contributed by atoms with van der Waals surface area (Å²) in [7, 11) is -3.79. The number of ether oxygens (including phenoxy) is 1. The molecule has 0 spiro atoms. The molecule has 1 aliphatic rings. The molecule has 1 N–H and O–H groups in total. The van der Waals surface area contributed by atoms with Crippen LogP contribution < -0.4 is 14.4 Å². The summed E-state index contributed by atoms with van der Waals surface area (Å²) in [6.07, 6.45) is 1.84. The van der Waals surface area contributed by atoms with Crippen LogP contribution in [0.4, 0.5) is 10.1 Å². The van der Waals surface area contributed by atoms with E-state index in [1.165, 1.54) is 24.3 Å². The Morgan fingerprint density at radius 1 is 1.23 bits per heavy atom. The number of para-hydroxylation sites is 1. The van der Waals surface area contributed by atoms with Gasteiger partial charge in [0.05, 0.1) is 18.0 Å². The fourth-order valence-electron chi connectivity index (χ4n) is 3.85. The van der Waals surface area contributed by atoms with Gasteiger partial charge in [-0.25, -0.2) is 12.8 Å². The normalized spacial score (nSPS) is 18.6. The van der Waals surface area contributed by atoms with Crippen LogP contribution in [-0.4, -0.2) is 32.2 Å². The van der Waals surface area contributed by atoms with Gasteiger partial charge in [-0.1, -0.05) is 25.1 Å². The summed E-state index contributed by atoms with van der Waals surface area (Å²) in [5.74, 6) is -0.193. The highest BCUT2D eigenvalue weighted by atomic mass is 32.2. The number of amides is 1. The SMILES string of the molecule is CCC(C(=O)NC1CC(C)(C)Oc2ccccc21)N(c1ccc(F)cc1)S(C)(=O)=O. The summed E-state index contributed by atoms with van der Waals surface area (Å²) in [5.41, 5.74) is 0.614. The number of sulfonamides is 1. The van der Waals surface area contributed by atoms with E-state index in [1.54, 1.807) is 6.92 Å². The Bertz CT molecular complexity index is 1020. The second-order valence-corrected chi connectivity index (χ2v) is 9.98. The number of nitrogens with zero attached hydrogens (tertiary/aromatic N) is 1.